The van der Waals surface area contributed by atoms with E-state index in [1.165, 1.54) is 17.1 Å². The molecule has 29 heavy (non-hydrogen) atoms. The molecule has 3 aromatic heterocycles. The monoisotopic (exact) mass is 409 g/mol. The Morgan fingerprint density at radius 2 is 2.00 bits per heavy atom. The van der Waals surface area contributed by atoms with Gasteiger partial charge in [-0.1, -0.05) is 0 Å². The Bertz CT molecular complexity index is 1040. The van der Waals surface area contributed by atoms with E-state index in [4.69, 9.17) is 4.98 Å². The standard InChI is InChI=1S/C20H23N7OS/c1-13-17-18(26-9-3-4-16(26)28)23-19(20-22-14(2)24-29-20)27(17)11-10-25(13)12-15-5-7-21-8-6-15/h5-8,13H,3-4,9-12H2,1-2H3/t13-/m1/s1. The molecule has 2 aliphatic heterocycles. The average Bonchev–Trinajstić information content (AvgIpc) is 3.43. The molecule has 5 rings (SSSR count). The Balaban J connectivity index is 1.56. The molecule has 0 saturated carbocycles. The van der Waals surface area contributed by atoms with Gasteiger partial charge >= 0.3 is 0 Å². The van der Waals surface area contributed by atoms with Crippen molar-refractivity contribution in [1.29, 1.82) is 0 Å². The van der Waals surface area contributed by atoms with E-state index in [0.717, 1.165) is 60.8 Å². The Hall–Kier alpha value is -2.65. The number of nitrogens with zero attached hydrogens (tertiary/aromatic N) is 7. The predicted octanol–water partition coefficient (Wildman–Crippen LogP) is 2.81. The number of amides is 1. The van der Waals surface area contributed by atoms with Crippen LogP contribution in [0.15, 0.2) is 24.5 Å². The van der Waals surface area contributed by atoms with Crippen molar-refractivity contribution in [3.63, 3.8) is 0 Å². The minimum Gasteiger partial charge on any atom is -0.321 e. The predicted molar refractivity (Wildman–Crippen MR) is 111 cm³/mol. The highest BCUT2D eigenvalue weighted by atomic mass is 32.1. The summed E-state index contributed by atoms with van der Waals surface area (Å²) in [7, 11) is 0. The topological polar surface area (TPSA) is 80.0 Å². The lowest BCUT2D eigenvalue weighted by molar-refractivity contribution is -0.117. The van der Waals surface area contributed by atoms with Crippen LogP contribution in [0.5, 0.6) is 0 Å². The van der Waals surface area contributed by atoms with Crippen molar-refractivity contribution < 1.29 is 4.79 Å². The highest BCUT2D eigenvalue weighted by Crippen LogP contribution is 2.39. The van der Waals surface area contributed by atoms with E-state index < -0.39 is 0 Å². The van der Waals surface area contributed by atoms with E-state index in [0.29, 0.717) is 6.42 Å². The van der Waals surface area contributed by atoms with Crippen molar-refractivity contribution in [2.24, 2.45) is 0 Å². The smallest absolute Gasteiger partial charge is 0.228 e. The molecule has 8 nitrogen and oxygen atoms in total. The second-order valence-corrected chi connectivity index (χ2v) is 8.35. The average molecular weight is 410 g/mol. The summed E-state index contributed by atoms with van der Waals surface area (Å²) in [6.07, 6.45) is 5.14. The van der Waals surface area contributed by atoms with Gasteiger partial charge in [-0.15, -0.1) is 0 Å². The highest BCUT2D eigenvalue weighted by Gasteiger charge is 2.36. The van der Waals surface area contributed by atoms with Crippen molar-refractivity contribution in [3.05, 3.63) is 41.6 Å². The normalized spacial score (nSPS) is 19.7. The lowest BCUT2D eigenvalue weighted by Crippen LogP contribution is -2.37. The van der Waals surface area contributed by atoms with Gasteiger partial charge in [-0.05, 0) is 49.5 Å². The van der Waals surface area contributed by atoms with E-state index in [1.807, 2.05) is 24.2 Å². The number of pyridine rings is 1. The number of fused-ring (bicyclic) bond motifs is 1. The van der Waals surface area contributed by atoms with Gasteiger partial charge in [0.2, 0.25) is 5.91 Å². The fourth-order valence-electron chi connectivity index (χ4n) is 4.25. The molecule has 150 valence electrons. The van der Waals surface area contributed by atoms with E-state index in [1.54, 1.807) is 0 Å². The SMILES string of the molecule is Cc1nsc(-c2nc(N3CCCC3=O)c3n2CCN(Cc2ccncc2)[C@@H]3C)n1. The molecule has 0 N–H and O–H groups in total. The fraction of sp³-hybridized carbons (Fsp3) is 0.450. The molecule has 3 aromatic rings. The maximum Gasteiger partial charge on any atom is 0.228 e. The van der Waals surface area contributed by atoms with Crippen LogP contribution in [0.25, 0.3) is 10.8 Å². The third-order valence-electron chi connectivity index (χ3n) is 5.72. The highest BCUT2D eigenvalue weighted by molar-refractivity contribution is 7.09. The lowest BCUT2D eigenvalue weighted by Gasteiger charge is -2.36. The third kappa shape index (κ3) is 3.24. The molecular formula is C20H23N7OS. The van der Waals surface area contributed by atoms with E-state index in [2.05, 4.69) is 42.9 Å². The number of rotatable bonds is 4. The summed E-state index contributed by atoms with van der Waals surface area (Å²) in [5, 5.41) is 0.816. The minimum absolute atomic E-state index is 0.135. The van der Waals surface area contributed by atoms with Crippen LogP contribution >= 0.6 is 11.5 Å². The first kappa shape index (κ1) is 18.4. The van der Waals surface area contributed by atoms with Crippen LogP contribution in [0.2, 0.25) is 0 Å². The van der Waals surface area contributed by atoms with Crippen LogP contribution in [0.1, 0.15) is 42.9 Å². The molecule has 9 heteroatoms. The van der Waals surface area contributed by atoms with Gasteiger partial charge in [0.25, 0.3) is 0 Å². The van der Waals surface area contributed by atoms with E-state index in [-0.39, 0.29) is 11.9 Å². The Kier molecular flexibility index (Phi) is 4.63. The Labute approximate surface area is 173 Å². The summed E-state index contributed by atoms with van der Waals surface area (Å²) in [6, 6.07) is 4.24. The molecule has 0 spiro atoms. The summed E-state index contributed by atoms with van der Waals surface area (Å²) >= 11 is 1.37. The molecule has 2 aliphatic rings. The van der Waals surface area contributed by atoms with Crippen molar-refractivity contribution in [2.75, 3.05) is 18.0 Å². The maximum absolute atomic E-state index is 12.5. The number of imidazole rings is 1. The van der Waals surface area contributed by atoms with Gasteiger partial charge in [0.15, 0.2) is 16.6 Å². The molecule has 0 aromatic carbocycles. The van der Waals surface area contributed by atoms with E-state index >= 15 is 0 Å². The summed E-state index contributed by atoms with van der Waals surface area (Å²) in [4.78, 5) is 30.4. The van der Waals surface area contributed by atoms with Gasteiger partial charge in [0.05, 0.1) is 11.7 Å². The number of hydrogen-bond acceptors (Lipinski definition) is 7. The van der Waals surface area contributed by atoms with Gasteiger partial charge in [-0.25, -0.2) is 9.97 Å². The van der Waals surface area contributed by atoms with Gasteiger partial charge in [0.1, 0.15) is 5.82 Å². The molecular weight excluding hydrogens is 386 g/mol. The number of carbonyl (C=O) groups is 1. The molecule has 0 radical (unpaired) electrons. The number of carbonyl (C=O) groups excluding carboxylic acids is 1. The zero-order valence-electron chi connectivity index (χ0n) is 16.6. The second-order valence-electron chi connectivity index (χ2n) is 7.59. The van der Waals surface area contributed by atoms with Crippen LogP contribution in [-0.2, 0) is 17.9 Å². The van der Waals surface area contributed by atoms with Gasteiger partial charge in [-0.3, -0.25) is 19.6 Å². The van der Waals surface area contributed by atoms with Crippen molar-refractivity contribution in [1.82, 2.24) is 28.8 Å². The molecule has 1 saturated heterocycles. The third-order valence-corrected chi connectivity index (χ3v) is 6.53. The first-order valence-electron chi connectivity index (χ1n) is 9.96. The first-order valence-corrected chi connectivity index (χ1v) is 10.7. The minimum atomic E-state index is 0.135. The summed E-state index contributed by atoms with van der Waals surface area (Å²) in [5.74, 6) is 2.53. The Morgan fingerprint density at radius 1 is 1.17 bits per heavy atom. The lowest BCUT2D eigenvalue weighted by atomic mass is 10.1. The number of aromatic nitrogens is 5. The molecule has 1 atom stereocenters. The molecule has 0 aliphatic carbocycles. The van der Waals surface area contributed by atoms with Crippen LogP contribution in [0.4, 0.5) is 5.82 Å². The van der Waals surface area contributed by atoms with Crippen LogP contribution < -0.4 is 4.90 Å². The first-order chi connectivity index (χ1) is 14.1. The van der Waals surface area contributed by atoms with Crippen LogP contribution in [-0.4, -0.2) is 47.8 Å². The van der Waals surface area contributed by atoms with Gasteiger partial charge in [-0.2, -0.15) is 4.37 Å². The maximum atomic E-state index is 12.5. The van der Waals surface area contributed by atoms with Crippen LogP contribution in [0, 0.1) is 6.92 Å². The summed E-state index contributed by atoms with van der Waals surface area (Å²) in [5.41, 5.74) is 2.34. The van der Waals surface area contributed by atoms with E-state index in [9.17, 15) is 4.79 Å². The van der Waals surface area contributed by atoms with Crippen molar-refractivity contribution >= 4 is 23.3 Å². The van der Waals surface area contributed by atoms with Crippen LogP contribution in [0.3, 0.4) is 0 Å². The van der Waals surface area contributed by atoms with Gasteiger partial charge < -0.3 is 4.57 Å². The Morgan fingerprint density at radius 3 is 2.69 bits per heavy atom. The van der Waals surface area contributed by atoms with Crippen molar-refractivity contribution in [3.8, 4) is 10.8 Å². The molecule has 1 amide bonds. The molecule has 0 bridgehead atoms. The molecule has 5 heterocycles. The quantitative estimate of drug-likeness (QED) is 0.659. The molecule has 1 fully saturated rings. The summed E-state index contributed by atoms with van der Waals surface area (Å²) in [6.45, 7) is 7.39. The molecule has 0 unspecified atom stereocenters. The largest absolute Gasteiger partial charge is 0.321 e. The number of hydrogen-bond donors (Lipinski definition) is 0. The van der Waals surface area contributed by atoms with Gasteiger partial charge in [0, 0.05) is 45.0 Å². The van der Waals surface area contributed by atoms with Crippen molar-refractivity contribution in [2.45, 2.75) is 45.8 Å². The zero-order valence-corrected chi connectivity index (χ0v) is 17.4. The summed E-state index contributed by atoms with van der Waals surface area (Å²) < 4.78 is 6.58. The zero-order chi connectivity index (χ0) is 20.0. The second kappa shape index (κ2) is 7.31. The fourth-order valence-corrected chi connectivity index (χ4v) is 4.92. The number of aryl methyl sites for hydroxylation is 1. The number of anilines is 1.